The predicted molar refractivity (Wildman–Crippen MR) is 97.1 cm³/mol. The topological polar surface area (TPSA) is 57.7 Å². The summed E-state index contributed by atoms with van der Waals surface area (Å²) in [6.45, 7) is 6.20. The maximum atomic E-state index is 13.2. The lowest BCUT2D eigenvalue weighted by atomic mass is 9.92. The molecule has 0 spiro atoms. The first kappa shape index (κ1) is 17.0. The molecule has 5 nitrogen and oxygen atoms in total. The highest BCUT2D eigenvalue weighted by atomic mass is 32.2. The van der Waals surface area contributed by atoms with Crippen molar-refractivity contribution in [3.63, 3.8) is 0 Å². The van der Waals surface area contributed by atoms with Gasteiger partial charge in [0.1, 0.15) is 0 Å². The summed E-state index contributed by atoms with van der Waals surface area (Å²) in [5.74, 6) is 0.952. The molecular weight excluding hydrogens is 336 g/mol. The van der Waals surface area contributed by atoms with E-state index in [-0.39, 0.29) is 5.91 Å². The van der Waals surface area contributed by atoms with Crippen molar-refractivity contribution in [2.75, 3.05) is 24.5 Å². The molecule has 0 unspecified atom stereocenters. The summed E-state index contributed by atoms with van der Waals surface area (Å²) in [7, 11) is -3.47. The zero-order valence-electron chi connectivity index (χ0n) is 15.0. The molecule has 1 amide bonds. The summed E-state index contributed by atoms with van der Waals surface area (Å²) in [6, 6.07) is 3.64. The second-order valence-corrected chi connectivity index (χ2v) is 9.95. The maximum absolute atomic E-state index is 13.2. The van der Waals surface area contributed by atoms with Gasteiger partial charge in [-0.2, -0.15) is 4.31 Å². The van der Waals surface area contributed by atoms with Gasteiger partial charge in [0.2, 0.25) is 15.9 Å². The van der Waals surface area contributed by atoms with Gasteiger partial charge in [0.25, 0.3) is 0 Å². The highest BCUT2D eigenvalue weighted by Gasteiger charge is 2.35. The molecule has 3 aliphatic heterocycles. The SMILES string of the molecule is C[C@@H]1C[C@H](C)CN(S(=O)(=O)c2cc3c4c(c2)CCC(=O)N4CCC3)C1. The van der Waals surface area contributed by atoms with E-state index in [1.807, 2.05) is 17.0 Å². The van der Waals surface area contributed by atoms with Crippen LogP contribution in [-0.4, -0.2) is 38.3 Å². The molecule has 136 valence electrons. The van der Waals surface area contributed by atoms with E-state index in [2.05, 4.69) is 13.8 Å². The van der Waals surface area contributed by atoms with Gasteiger partial charge >= 0.3 is 0 Å². The van der Waals surface area contributed by atoms with Gasteiger partial charge in [0.15, 0.2) is 0 Å². The van der Waals surface area contributed by atoms with E-state index < -0.39 is 10.0 Å². The molecule has 1 aromatic carbocycles. The molecule has 0 aromatic heterocycles. The number of sulfonamides is 1. The summed E-state index contributed by atoms with van der Waals surface area (Å²) >= 11 is 0. The molecule has 3 aliphatic rings. The van der Waals surface area contributed by atoms with Gasteiger partial charge in [-0.25, -0.2) is 8.42 Å². The second-order valence-electron chi connectivity index (χ2n) is 8.01. The molecule has 0 bridgehead atoms. The molecule has 1 fully saturated rings. The number of rotatable bonds is 2. The Labute approximate surface area is 150 Å². The quantitative estimate of drug-likeness (QED) is 0.812. The Morgan fingerprint density at radius 2 is 1.64 bits per heavy atom. The molecule has 1 aromatic rings. The van der Waals surface area contributed by atoms with Crippen molar-refractivity contribution in [1.29, 1.82) is 0 Å². The molecule has 1 saturated heterocycles. The first-order chi connectivity index (χ1) is 11.9. The minimum absolute atomic E-state index is 0.169. The van der Waals surface area contributed by atoms with Crippen LogP contribution in [0, 0.1) is 11.8 Å². The third kappa shape index (κ3) is 2.89. The van der Waals surface area contributed by atoms with E-state index in [0.29, 0.717) is 42.7 Å². The monoisotopic (exact) mass is 362 g/mol. The first-order valence-electron chi connectivity index (χ1n) is 9.32. The number of hydrogen-bond acceptors (Lipinski definition) is 3. The zero-order chi connectivity index (χ0) is 17.8. The summed E-state index contributed by atoms with van der Waals surface area (Å²) in [5, 5.41) is 0. The van der Waals surface area contributed by atoms with Crippen molar-refractivity contribution in [3.05, 3.63) is 23.3 Å². The van der Waals surface area contributed by atoms with Crippen molar-refractivity contribution < 1.29 is 13.2 Å². The Hall–Kier alpha value is -1.40. The van der Waals surface area contributed by atoms with Crippen LogP contribution in [0.4, 0.5) is 5.69 Å². The number of carbonyl (C=O) groups is 1. The summed E-state index contributed by atoms with van der Waals surface area (Å²) in [4.78, 5) is 14.5. The lowest BCUT2D eigenvalue weighted by molar-refractivity contribution is -0.119. The average Bonchev–Trinajstić information content (AvgIpc) is 2.57. The number of piperidine rings is 1. The van der Waals surface area contributed by atoms with Crippen molar-refractivity contribution in [1.82, 2.24) is 4.31 Å². The highest BCUT2D eigenvalue weighted by molar-refractivity contribution is 7.89. The fraction of sp³-hybridized carbons (Fsp3) is 0.632. The standard InChI is InChI=1S/C19H26N2O3S/c1-13-8-14(2)12-20(11-13)25(23,24)17-9-15-4-3-7-21-18(22)6-5-16(10-17)19(15)21/h9-10,13-14H,3-8,11-12H2,1-2H3/t13-,14+. The van der Waals surface area contributed by atoms with Crippen molar-refractivity contribution >= 4 is 21.6 Å². The van der Waals surface area contributed by atoms with Crippen LogP contribution in [0.3, 0.4) is 0 Å². The average molecular weight is 362 g/mol. The number of amides is 1. The van der Waals surface area contributed by atoms with E-state index >= 15 is 0 Å². The van der Waals surface area contributed by atoms with Gasteiger partial charge in [-0.05, 0) is 60.8 Å². The molecular formula is C19H26N2O3S. The van der Waals surface area contributed by atoms with E-state index in [9.17, 15) is 13.2 Å². The normalized spacial score (nSPS) is 27.3. The van der Waals surface area contributed by atoms with Gasteiger partial charge in [-0.1, -0.05) is 13.8 Å². The molecule has 25 heavy (non-hydrogen) atoms. The Kier molecular flexibility index (Phi) is 4.15. The van der Waals surface area contributed by atoms with Crippen molar-refractivity contribution in [2.45, 2.75) is 50.8 Å². The number of hydrogen-bond donors (Lipinski definition) is 0. The van der Waals surface area contributed by atoms with E-state index in [0.717, 1.165) is 42.6 Å². The van der Waals surface area contributed by atoms with Crippen LogP contribution in [0.15, 0.2) is 17.0 Å². The fourth-order valence-corrected chi connectivity index (χ4v) is 6.50. The zero-order valence-corrected chi connectivity index (χ0v) is 15.8. The Bertz CT molecular complexity index is 791. The number of carbonyl (C=O) groups excluding carboxylic acids is 1. The minimum Gasteiger partial charge on any atom is -0.312 e. The predicted octanol–water partition coefficient (Wildman–Crippen LogP) is 2.58. The van der Waals surface area contributed by atoms with Crippen LogP contribution < -0.4 is 4.90 Å². The van der Waals surface area contributed by atoms with Crippen LogP contribution in [0.25, 0.3) is 0 Å². The summed E-state index contributed by atoms with van der Waals surface area (Å²) in [5.41, 5.74) is 3.03. The van der Waals surface area contributed by atoms with E-state index in [1.165, 1.54) is 0 Å². The van der Waals surface area contributed by atoms with Crippen molar-refractivity contribution in [3.8, 4) is 0 Å². The van der Waals surface area contributed by atoms with Gasteiger partial charge in [0, 0.05) is 26.1 Å². The Morgan fingerprint density at radius 3 is 2.32 bits per heavy atom. The van der Waals surface area contributed by atoms with Crippen LogP contribution >= 0.6 is 0 Å². The largest absolute Gasteiger partial charge is 0.312 e. The number of benzene rings is 1. The molecule has 3 heterocycles. The Balaban J connectivity index is 1.75. The number of aryl methyl sites for hydroxylation is 2. The van der Waals surface area contributed by atoms with E-state index in [4.69, 9.17) is 0 Å². The second kappa shape index (κ2) is 6.09. The van der Waals surface area contributed by atoms with Gasteiger partial charge in [-0.15, -0.1) is 0 Å². The molecule has 0 aliphatic carbocycles. The lowest BCUT2D eigenvalue weighted by Gasteiger charge is -2.37. The highest BCUT2D eigenvalue weighted by Crippen LogP contribution is 2.38. The maximum Gasteiger partial charge on any atom is 0.243 e. The molecule has 0 radical (unpaired) electrons. The number of nitrogens with zero attached hydrogens (tertiary/aromatic N) is 2. The van der Waals surface area contributed by atoms with Gasteiger partial charge < -0.3 is 4.90 Å². The third-order valence-electron chi connectivity index (χ3n) is 5.72. The molecule has 0 saturated carbocycles. The lowest BCUT2D eigenvalue weighted by Crippen LogP contribution is -2.43. The fourth-order valence-electron chi connectivity index (χ4n) is 4.72. The molecule has 6 heteroatoms. The van der Waals surface area contributed by atoms with Gasteiger partial charge in [-0.3, -0.25) is 4.79 Å². The summed E-state index contributed by atoms with van der Waals surface area (Å²) < 4.78 is 28.1. The summed E-state index contributed by atoms with van der Waals surface area (Å²) in [6.07, 6.45) is 3.96. The van der Waals surface area contributed by atoms with Crippen LogP contribution in [0.1, 0.15) is 44.2 Å². The van der Waals surface area contributed by atoms with Crippen molar-refractivity contribution in [2.24, 2.45) is 11.8 Å². The van der Waals surface area contributed by atoms with Crippen LogP contribution in [0.5, 0.6) is 0 Å². The first-order valence-corrected chi connectivity index (χ1v) is 10.8. The van der Waals surface area contributed by atoms with Gasteiger partial charge in [0.05, 0.1) is 10.6 Å². The minimum atomic E-state index is -3.47. The number of anilines is 1. The molecule has 2 atom stereocenters. The van der Waals surface area contributed by atoms with Crippen LogP contribution in [-0.2, 0) is 27.7 Å². The smallest absolute Gasteiger partial charge is 0.243 e. The molecule has 4 rings (SSSR count). The Morgan fingerprint density at radius 1 is 1.00 bits per heavy atom. The van der Waals surface area contributed by atoms with E-state index in [1.54, 1.807) is 4.31 Å². The van der Waals surface area contributed by atoms with Crippen LogP contribution in [0.2, 0.25) is 0 Å². The third-order valence-corrected chi connectivity index (χ3v) is 7.53. The molecule has 0 N–H and O–H groups in total.